The molecule has 0 bridgehead atoms. The second-order valence-electron chi connectivity index (χ2n) is 7.14. The topological polar surface area (TPSA) is 93.3 Å². The van der Waals surface area contributed by atoms with Gasteiger partial charge in [0.15, 0.2) is 5.95 Å². The number of hydrogen-bond acceptors (Lipinski definition) is 5. The average Bonchev–Trinajstić information content (AvgIpc) is 3.43. The molecule has 3 heterocycles. The second-order valence-corrected chi connectivity index (χ2v) is 11.0. The minimum Gasteiger partial charge on any atom is -0.508 e. The molecule has 1 aliphatic heterocycles. The molecule has 0 saturated carbocycles. The Hall–Kier alpha value is -2.12. The largest absolute Gasteiger partial charge is 0.508 e. The standard InChI is InChI=1S/C20H26N5O2PS/c1-3-25-11-10-23-28(25,27)17(13-22-20-21-12-14(2)24-20)19-9-8-18(29-19)15-4-6-16(26)7-5-15/h4-9,12,17,26H,3,10-11,13H2,1-2H3,(H,23,27)(H2,21,22,24). The van der Waals surface area contributed by atoms with Gasteiger partial charge in [-0.25, -0.2) is 9.65 Å². The fraction of sp³-hybridized carbons (Fsp3) is 0.350. The summed E-state index contributed by atoms with van der Waals surface area (Å²) in [4.78, 5) is 9.66. The van der Waals surface area contributed by atoms with Crippen molar-refractivity contribution in [2.75, 3.05) is 31.5 Å². The number of H-pyrrole nitrogens is 1. The summed E-state index contributed by atoms with van der Waals surface area (Å²) in [5.41, 5.74) is 1.83. The number of rotatable bonds is 7. The van der Waals surface area contributed by atoms with Crippen LogP contribution in [0.2, 0.25) is 0 Å². The molecule has 0 radical (unpaired) electrons. The Balaban J connectivity index is 1.64. The molecule has 0 aliphatic carbocycles. The molecule has 2 aromatic heterocycles. The van der Waals surface area contributed by atoms with Crippen LogP contribution in [-0.4, -0.2) is 45.9 Å². The molecule has 1 saturated heterocycles. The number of phenolic OH excluding ortho intramolecular Hbond substituents is 1. The first-order valence-corrected chi connectivity index (χ1v) is 12.3. The van der Waals surface area contributed by atoms with Crippen LogP contribution < -0.4 is 10.4 Å². The summed E-state index contributed by atoms with van der Waals surface area (Å²) in [7, 11) is -2.78. The quantitative estimate of drug-likeness (QED) is 0.414. The van der Waals surface area contributed by atoms with Crippen LogP contribution >= 0.6 is 18.8 Å². The Morgan fingerprint density at radius 1 is 1.31 bits per heavy atom. The molecule has 0 spiro atoms. The molecule has 9 heteroatoms. The van der Waals surface area contributed by atoms with Crippen molar-refractivity contribution in [3.05, 3.63) is 53.2 Å². The van der Waals surface area contributed by atoms with Crippen molar-refractivity contribution in [3.8, 4) is 16.2 Å². The molecule has 154 valence electrons. The first-order chi connectivity index (χ1) is 14.0. The third kappa shape index (κ3) is 4.12. The first kappa shape index (κ1) is 20.2. The molecule has 1 aliphatic rings. The van der Waals surface area contributed by atoms with Crippen molar-refractivity contribution in [1.29, 1.82) is 0 Å². The summed E-state index contributed by atoms with van der Waals surface area (Å²) in [6.07, 6.45) is 1.78. The van der Waals surface area contributed by atoms with Gasteiger partial charge in [-0.2, -0.15) is 0 Å². The molecule has 4 rings (SSSR count). The summed E-state index contributed by atoms with van der Waals surface area (Å²) >= 11 is 1.65. The molecule has 3 aromatic rings. The van der Waals surface area contributed by atoms with Crippen molar-refractivity contribution in [2.45, 2.75) is 19.5 Å². The Morgan fingerprint density at radius 3 is 2.79 bits per heavy atom. The molecule has 1 aromatic carbocycles. The van der Waals surface area contributed by atoms with Gasteiger partial charge in [0.2, 0.25) is 7.44 Å². The van der Waals surface area contributed by atoms with Crippen LogP contribution in [0.5, 0.6) is 5.75 Å². The van der Waals surface area contributed by atoms with E-state index in [9.17, 15) is 9.67 Å². The van der Waals surface area contributed by atoms with Gasteiger partial charge < -0.3 is 15.4 Å². The van der Waals surface area contributed by atoms with Gasteiger partial charge in [0.25, 0.3) is 0 Å². The zero-order valence-corrected chi connectivity index (χ0v) is 18.3. The number of nitrogens with zero attached hydrogens (tertiary/aromatic N) is 2. The van der Waals surface area contributed by atoms with Gasteiger partial charge in [-0.3, -0.25) is 9.65 Å². The number of aryl methyl sites for hydroxylation is 1. The van der Waals surface area contributed by atoms with Crippen LogP contribution in [0.25, 0.3) is 10.4 Å². The number of imidazole rings is 1. The number of anilines is 1. The predicted molar refractivity (Wildman–Crippen MR) is 119 cm³/mol. The fourth-order valence-corrected chi connectivity index (χ4v) is 8.08. The molecule has 1 fully saturated rings. The number of aromatic hydroxyl groups is 1. The van der Waals surface area contributed by atoms with Gasteiger partial charge in [-0.15, -0.1) is 11.3 Å². The summed E-state index contributed by atoms with van der Waals surface area (Å²) in [6, 6.07) is 11.3. The number of hydrogen-bond donors (Lipinski definition) is 4. The smallest absolute Gasteiger partial charge is 0.223 e. The lowest BCUT2D eigenvalue weighted by atomic mass is 10.2. The Morgan fingerprint density at radius 2 is 2.10 bits per heavy atom. The van der Waals surface area contributed by atoms with Gasteiger partial charge in [0.05, 0.1) is 5.66 Å². The van der Waals surface area contributed by atoms with E-state index in [1.807, 2.05) is 19.1 Å². The summed E-state index contributed by atoms with van der Waals surface area (Å²) in [5, 5.41) is 16.2. The van der Waals surface area contributed by atoms with Gasteiger partial charge in [-0.05, 0) is 48.9 Å². The summed E-state index contributed by atoms with van der Waals surface area (Å²) in [6.45, 7) is 6.80. The van der Waals surface area contributed by atoms with E-state index in [4.69, 9.17) is 0 Å². The Labute approximate surface area is 174 Å². The highest BCUT2D eigenvalue weighted by atomic mass is 32.1. The van der Waals surface area contributed by atoms with E-state index in [0.717, 1.165) is 40.6 Å². The van der Waals surface area contributed by atoms with Gasteiger partial charge in [0.1, 0.15) is 5.75 Å². The van der Waals surface area contributed by atoms with Crippen LogP contribution in [0, 0.1) is 6.92 Å². The van der Waals surface area contributed by atoms with Crippen molar-refractivity contribution < 1.29 is 9.67 Å². The van der Waals surface area contributed by atoms with Gasteiger partial charge >= 0.3 is 0 Å². The van der Waals surface area contributed by atoms with E-state index in [-0.39, 0.29) is 11.4 Å². The maximum absolute atomic E-state index is 14.0. The number of benzene rings is 1. The second kappa shape index (κ2) is 8.32. The van der Waals surface area contributed by atoms with Crippen LogP contribution in [0.3, 0.4) is 0 Å². The van der Waals surface area contributed by atoms with Crippen molar-refractivity contribution in [3.63, 3.8) is 0 Å². The van der Waals surface area contributed by atoms with Crippen molar-refractivity contribution >= 4 is 24.7 Å². The maximum Gasteiger partial charge on any atom is 0.223 e. The van der Waals surface area contributed by atoms with Crippen LogP contribution in [0.15, 0.2) is 42.6 Å². The molecule has 7 nitrogen and oxygen atoms in total. The van der Waals surface area contributed by atoms with E-state index in [0.29, 0.717) is 12.5 Å². The Kier molecular flexibility index (Phi) is 5.79. The van der Waals surface area contributed by atoms with Crippen LogP contribution in [0.4, 0.5) is 5.95 Å². The van der Waals surface area contributed by atoms with E-state index >= 15 is 0 Å². The van der Waals surface area contributed by atoms with Crippen LogP contribution in [0.1, 0.15) is 23.2 Å². The third-order valence-corrected chi connectivity index (χ3v) is 9.92. The highest BCUT2D eigenvalue weighted by molar-refractivity contribution is 7.60. The third-order valence-electron chi connectivity index (χ3n) is 5.19. The number of phenols is 1. The number of thiophene rings is 1. The van der Waals surface area contributed by atoms with E-state index in [2.05, 4.69) is 44.1 Å². The van der Waals surface area contributed by atoms with Gasteiger partial charge in [-0.1, -0.05) is 6.92 Å². The van der Waals surface area contributed by atoms with E-state index < -0.39 is 7.44 Å². The number of aromatic nitrogens is 2. The Bertz CT molecular complexity index is 1020. The number of aromatic amines is 1. The monoisotopic (exact) mass is 431 g/mol. The van der Waals surface area contributed by atoms with E-state index in [1.165, 1.54) is 0 Å². The van der Waals surface area contributed by atoms with Gasteiger partial charge in [0, 0.05) is 47.8 Å². The first-order valence-electron chi connectivity index (χ1n) is 9.74. The van der Waals surface area contributed by atoms with Crippen LogP contribution in [-0.2, 0) is 4.57 Å². The highest BCUT2D eigenvalue weighted by Crippen LogP contribution is 2.61. The predicted octanol–water partition coefficient (Wildman–Crippen LogP) is 4.42. The van der Waals surface area contributed by atoms with Crippen molar-refractivity contribution in [2.24, 2.45) is 0 Å². The minimum atomic E-state index is -2.78. The zero-order valence-electron chi connectivity index (χ0n) is 16.6. The van der Waals surface area contributed by atoms with Crippen molar-refractivity contribution in [1.82, 2.24) is 19.7 Å². The lowest BCUT2D eigenvalue weighted by Gasteiger charge is -2.30. The summed E-state index contributed by atoms with van der Waals surface area (Å²) in [5.74, 6) is 0.941. The lowest BCUT2D eigenvalue weighted by Crippen LogP contribution is -2.25. The molecular weight excluding hydrogens is 405 g/mol. The molecule has 4 N–H and O–H groups in total. The molecule has 29 heavy (non-hydrogen) atoms. The molecule has 0 amide bonds. The summed E-state index contributed by atoms with van der Waals surface area (Å²) < 4.78 is 16.1. The number of likely N-dealkylation sites (N-methyl/N-ethyl adjacent to an activating group) is 1. The highest BCUT2D eigenvalue weighted by Gasteiger charge is 2.43. The molecule has 2 unspecified atom stereocenters. The molecular formula is C20H26N5O2PS. The van der Waals surface area contributed by atoms with E-state index in [1.54, 1.807) is 29.7 Å². The maximum atomic E-state index is 14.0. The number of nitrogens with one attached hydrogen (secondary N) is 3. The molecule has 2 atom stereocenters. The SMILES string of the molecule is CCN1CCNP1(=O)C(CNc1ncc(C)[nH]1)c1ccc(-c2ccc(O)cc2)s1. The zero-order chi connectivity index (χ0) is 20.4. The lowest BCUT2D eigenvalue weighted by molar-refractivity contribution is 0.457. The average molecular weight is 432 g/mol. The minimum absolute atomic E-state index is 0.189. The normalized spacial score (nSPS) is 20.8. The fourth-order valence-electron chi connectivity index (χ4n) is 3.67.